The van der Waals surface area contributed by atoms with Gasteiger partial charge in [-0.2, -0.15) is 0 Å². The second-order valence-corrected chi connectivity index (χ2v) is 9.88. The molecule has 0 amide bonds. The van der Waals surface area contributed by atoms with Gasteiger partial charge in [0.25, 0.3) is 0 Å². The lowest BCUT2D eigenvalue weighted by molar-refractivity contribution is 0.0599. The lowest BCUT2D eigenvalue weighted by atomic mass is 9.82. The average molecular weight is 506 g/mol. The Morgan fingerprint density at radius 2 is 1.61 bits per heavy atom. The SMILES string of the molecule is COC(=O)c1cc2ccc(OC)cc2c2c1C=CC(c1ccccc1)(c1ccc(N3CCCCC3)cc1)O2. The Hall–Kier alpha value is -4.25. The van der Waals surface area contributed by atoms with Crippen LogP contribution in [0.3, 0.4) is 0 Å². The van der Waals surface area contributed by atoms with E-state index in [-0.39, 0.29) is 0 Å². The highest BCUT2D eigenvalue weighted by atomic mass is 16.5. The van der Waals surface area contributed by atoms with Crippen molar-refractivity contribution in [3.63, 3.8) is 0 Å². The molecule has 4 aromatic rings. The Balaban J connectivity index is 1.54. The highest BCUT2D eigenvalue weighted by molar-refractivity contribution is 6.04. The molecular weight excluding hydrogens is 474 g/mol. The monoisotopic (exact) mass is 505 g/mol. The van der Waals surface area contributed by atoms with E-state index in [1.807, 2.05) is 48.5 Å². The second kappa shape index (κ2) is 9.90. The topological polar surface area (TPSA) is 48.0 Å². The molecule has 0 aliphatic carbocycles. The number of rotatable bonds is 5. The number of anilines is 1. The van der Waals surface area contributed by atoms with Gasteiger partial charge in [0.2, 0.25) is 0 Å². The minimum atomic E-state index is -0.876. The Morgan fingerprint density at radius 3 is 2.32 bits per heavy atom. The first-order valence-corrected chi connectivity index (χ1v) is 13.2. The highest BCUT2D eigenvalue weighted by Gasteiger charge is 2.39. The van der Waals surface area contributed by atoms with Crippen LogP contribution in [0.2, 0.25) is 0 Å². The van der Waals surface area contributed by atoms with Gasteiger partial charge in [-0.1, -0.05) is 48.5 Å². The van der Waals surface area contributed by atoms with Gasteiger partial charge in [0.1, 0.15) is 11.5 Å². The molecule has 1 saturated heterocycles. The molecule has 1 fully saturated rings. The van der Waals surface area contributed by atoms with Crippen molar-refractivity contribution in [3.05, 3.63) is 107 Å². The summed E-state index contributed by atoms with van der Waals surface area (Å²) in [4.78, 5) is 15.3. The molecule has 2 heterocycles. The van der Waals surface area contributed by atoms with Gasteiger partial charge >= 0.3 is 5.97 Å². The first-order valence-electron chi connectivity index (χ1n) is 13.2. The summed E-state index contributed by atoms with van der Waals surface area (Å²) in [6, 6.07) is 26.6. The Labute approximate surface area is 223 Å². The zero-order chi connectivity index (χ0) is 26.1. The van der Waals surface area contributed by atoms with Gasteiger partial charge in [-0.05, 0) is 67.1 Å². The van der Waals surface area contributed by atoms with E-state index < -0.39 is 11.6 Å². The molecule has 1 atom stereocenters. The second-order valence-electron chi connectivity index (χ2n) is 9.88. The number of hydrogen-bond acceptors (Lipinski definition) is 5. The first-order chi connectivity index (χ1) is 18.6. The molecule has 5 heteroatoms. The van der Waals surface area contributed by atoms with Crippen molar-refractivity contribution >= 4 is 28.5 Å². The minimum Gasteiger partial charge on any atom is -0.497 e. The summed E-state index contributed by atoms with van der Waals surface area (Å²) in [7, 11) is 3.05. The summed E-state index contributed by atoms with van der Waals surface area (Å²) in [5.74, 6) is 0.957. The third-order valence-electron chi connectivity index (χ3n) is 7.71. The zero-order valence-electron chi connectivity index (χ0n) is 21.8. The smallest absolute Gasteiger partial charge is 0.338 e. The number of carbonyl (C=O) groups is 1. The fourth-order valence-corrected chi connectivity index (χ4v) is 5.67. The maximum atomic E-state index is 12.8. The molecule has 0 saturated carbocycles. The Morgan fingerprint density at radius 1 is 0.868 bits per heavy atom. The van der Waals surface area contributed by atoms with Gasteiger partial charge in [0.05, 0.1) is 19.8 Å². The zero-order valence-corrected chi connectivity index (χ0v) is 21.8. The predicted molar refractivity (Wildman–Crippen MR) is 151 cm³/mol. The number of hydrogen-bond donors (Lipinski definition) is 0. The summed E-state index contributed by atoms with van der Waals surface area (Å²) >= 11 is 0. The number of benzene rings is 4. The summed E-state index contributed by atoms with van der Waals surface area (Å²) in [5, 5.41) is 1.75. The number of ether oxygens (including phenoxy) is 3. The largest absolute Gasteiger partial charge is 0.497 e. The van der Waals surface area contributed by atoms with Crippen LogP contribution < -0.4 is 14.4 Å². The molecule has 5 nitrogen and oxygen atoms in total. The summed E-state index contributed by atoms with van der Waals surface area (Å²) in [6.07, 6.45) is 7.82. The van der Waals surface area contributed by atoms with Crippen LogP contribution in [0.15, 0.2) is 84.9 Å². The Kier molecular flexibility index (Phi) is 6.28. The van der Waals surface area contributed by atoms with E-state index in [0.29, 0.717) is 16.9 Å². The van der Waals surface area contributed by atoms with Gasteiger partial charge in [-0.25, -0.2) is 4.79 Å². The van der Waals surface area contributed by atoms with Gasteiger partial charge in [-0.15, -0.1) is 0 Å². The van der Waals surface area contributed by atoms with Crippen LogP contribution in [0.25, 0.3) is 16.8 Å². The lowest BCUT2D eigenvalue weighted by Crippen LogP contribution is -2.35. The third-order valence-corrected chi connectivity index (χ3v) is 7.71. The molecule has 38 heavy (non-hydrogen) atoms. The quantitative estimate of drug-likeness (QED) is 0.274. The summed E-state index contributed by atoms with van der Waals surface area (Å²) in [5.41, 5.74) is 3.56. The number of fused-ring (bicyclic) bond motifs is 3. The van der Waals surface area contributed by atoms with E-state index in [1.54, 1.807) is 7.11 Å². The average Bonchev–Trinajstić information content (AvgIpc) is 3.00. The van der Waals surface area contributed by atoms with E-state index in [4.69, 9.17) is 14.2 Å². The minimum absolute atomic E-state index is 0.398. The maximum Gasteiger partial charge on any atom is 0.338 e. The predicted octanol–water partition coefficient (Wildman–Crippen LogP) is 6.97. The number of esters is 1. The molecule has 2 aliphatic heterocycles. The van der Waals surface area contributed by atoms with E-state index in [9.17, 15) is 4.79 Å². The van der Waals surface area contributed by atoms with E-state index >= 15 is 0 Å². The van der Waals surface area contributed by atoms with Crippen LogP contribution in [0.4, 0.5) is 5.69 Å². The fourth-order valence-electron chi connectivity index (χ4n) is 5.67. The molecule has 192 valence electrons. The molecule has 4 aromatic carbocycles. The number of methoxy groups -OCH3 is 2. The van der Waals surface area contributed by atoms with Crippen LogP contribution in [0, 0.1) is 0 Å². The fraction of sp³-hybridized carbons (Fsp3) is 0.242. The van der Waals surface area contributed by atoms with Crippen molar-refractivity contribution in [1.82, 2.24) is 0 Å². The van der Waals surface area contributed by atoms with Gasteiger partial charge < -0.3 is 19.1 Å². The van der Waals surface area contributed by atoms with Crippen molar-refractivity contribution < 1.29 is 19.0 Å². The van der Waals surface area contributed by atoms with Crippen molar-refractivity contribution in [2.24, 2.45) is 0 Å². The van der Waals surface area contributed by atoms with Gasteiger partial charge in [0.15, 0.2) is 5.60 Å². The molecule has 0 bridgehead atoms. The standard InChI is InChI=1S/C33H31NO4/c1-36-27-16-11-23-21-30(32(35)37-2)28-17-18-33(24-9-5-3-6-10-24,38-31(28)29(23)22-27)25-12-14-26(15-13-25)34-19-7-4-8-20-34/h3,5-6,9-18,21-22H,4,7-8,19-20H2,1-2H3. The van der Waals surface area contributed by atoms with Gasteiger partial charge in [0, 0.05) is 40.9 Å². The maximum absolute atomic E-state index is 12.8. The molecule has 0 aromatic heterocycles. The van der Waals surface area contributed by atoms with E-state index in [0.717, 1.165) is 40.7 Å². The summed E-state index contributed by atoms with van der Waals surface area (Å²) < 4.78 is 17.7. The van der Waals surface area contributed by atoms with Crippen molar-refractivity contribution in [2.45, 2.75) is 24.9 Å². The van der Waals surface area contributed by atoms with Crippen LogP contribution in [-0.4, -0.2) is 33.3 Å². The molecule has 0 spiro atoms. The van der Waals surface area contributed by atoms with E-state index in [1.165, 1.54) is 32.1 Å². The first kappa shape index (κ1) is 24.1. The number of nitrogens with zero attached hydrogens (tertiary/aromatic N) is 1. The van der Waals surface area contributed by atoms with Crippen molar-refractivity contribution in [2.75, 3.05) is 32.2 Å². The normalized spacial score (nSPS) is 18.5. The van der Waals surface area contributed by atoms with Crippen LogP contribution in [0.1, 0.15) is 46.3 Å². The molecule has 6 rings (SSSR count). The molecule has 0 radical (unpaired) electrons. The molecular formula is C33H31NO4. The lowest BCUT2D eigenvalue weighted by Gasteiger charge is -2.37. The molecule has 2 aliphatic rings. The highest BCUT2D eigenvalue weighted by Crippen LogP contribution is 2.47. The van der Waals surface area contributed by atoms with Crippen LogP contribution in [-0.2, 0) is 10.3 Å². The summed E-state index contributed by atoms with van der Waals surface area (Å²) in [6.45, 7) is 2.19. The molecule has 1 unspecified atom stereocenters. The molecule has 0 N–H and O–H groups in total. The van der Waals surface area contributed by atoms with Crippen molar-refractivity contribution in [1.29, 1.82) is 0 Å². The van der Waals surface area contributed by atoms with Crippen molar-refractivity contribution in [3.8, 4) is 11.5 Å². The number of piperidine rings is 1. The third kappa shape index (κ3) is 4.08. The van der Waals surface area contributed by atoms with Crippen LogP contribution in [0.5, 0.6) is 11.5 Å². The van der Waals surface area contributed by atoms with Crippen LogP contribution >= 0.6 is 0 Å². The van der Waals surface area contributed by atoms with E-state index in [2.05, 4.69) is 47.4 Å². The van der Waals surface area contributed by atoms with Gasteiger partial charge in [-0.3, -0.25) is 0 Å². The number of carbonyl (C=O) groups excluding carboxylic acids is 1. The Bertz CT molecular complexity index is 1500.